The lowest BCUT2D eigenvalue weighted by atomic mass is 9.89. The second-order valence-corrected chi connectivity index (χ2v) is 5.32. The summed E-state index contributed by atoms with van der Waals surface area (Å²) in [5, 5.41) is 3.73. The number of rotatable bonds is 6. The highest BCUT2D eigenvalue weighted by atomic mass is 79.9. The first-order chi connectivity index (χ1) is 8.07. The minimum atomic E-state index is -0.0406. The van der Waals surface area contributed by atoms with Crippen LogP contribution in [0.1, 0.15) is 20.8 Å². The van der Waals surface area contributed by atoms with Crippen LogP contribution >= 0.6 is 15.9 Å². The van der Waals surface area contributed by atoms with Crippen LogP contribution in [0.2, 0.25) is 0 Å². The van der Waals surface area contributed by atoms with Crippen molar-refractivity contribution in [2.24, 2.45) is 11.8 Å². The minimum absolute atomic E-state index is 0.00320. The third kappa shape index (κ3) is 4.23. The first-order valence-corrected chi connectivity index (χ1v) is 7.27. The van der Waals surface area contributed by atoms with E-state index in [4.69, 9.17) is 9.47 Å². The maximum absolute atomic E-state index is 12.0. The van der Waals surface area contributed by atoms with Crippen molar-refractivity contribution in [2.45, 2.75) is 33.0 Å². The minimum Gasteiger partial charge on any atom is -0.379 e. The van der Waals surface area contributed by atoms with E-state index in [1.165, 1.54) is 0 Å². The second kappa shape index (κ2) is 7.34. The van der Waals surface area contributed by atoms with E-state index < -0.39 is 0 Å². The summed E-state index contributed by atoms with van der Waals surface area (Å²) in [6.45, 7) is 7.85. The molecule has 1 N–H and O–H groups in total. The number of hydrogen-bond acceptors (Lipinski definition) is 3. The van der Waals surface area contributed by atoms with Crippen molar-refractivity contribution in [3.8, 4) is 0 Å². The summed E-state index contributed by atoms with van der Waals surface area (Å²) in [6.07, 6.45) is 0.161. The van der Waals surface area contributed by atoms with Gasteiger partial charge in [0.25, 0.3) is 0 Å². The van der Waals surface area contributed by atoms with Gasteiger partial charge in [0, 0.05) is 11.9 Å². The van der Waals surface area contributed by atoms with E-state index in [1.807, 2.05) is 13.8 Å². The van der Waals surface area contributed by atoms with E-state index in [9.17, 15) is 4.79 Å². The third-order valence-electron chi connectivity index (χ3n) is 3.31. The van der Waals surface area contributed by atoms with Crippen LogP contribution in [-0.4, -0.2) is 43.2 Å². The van der Waals surface area contributed by atoms with Crippen LogP contribution in [-0.2, 0) is 14.3 Å². The Balaban J connectivity index is 2.27. The molecular weight excluding hydrogens is 286 g/mol. The monoisotopic (exact) mass is 307 g/mol. The van der Waals surface area contributed by atoms with Crippen molar-refractivity contribution in [3.63, 3.8) is 0 Å². The Morgan fingerprint density at radius 1 is 1.29 bits per heavy atom. The molecule has 1 saturated heterocycles. The van der Waals surface area contributed by atoms with Gasteiger partial charge < -0.3 is 14.8 Å². The molecule has 4 nitrogen and oxygen atoms in total. The standard InChI is InChI=1S/C12H22BrNO3/c1-8-9(2)17-10(3)11(8)12(15)14-5-7-16-6-4-13/h8-11H,4-7H2,1-3H3,(H,14,15). The quantitative estimate of drug-likeness (QED) is 0.598. The van der Waals surface area contributed by atoms with E-state index in [-0.39, 0.29) is 30.0 Å². The molecule has 17 heavy (non-hydrogen) atoms. The molecule has 1 amide bonds. The normalized spacial score (nSPS) is 32.7. The molecule has 0 radical (unpaired) electrons. The summed E-state index contributed by atoms with van der Waals surface area (Å²) < 4.78 is 10.9. The SMILES string of the molecule is CC1OC(C)C(C(=O)NCCOCCBr)C1C. The molecule has 1 aliphatic rings. The van der Waals surface area contributed by atoms with Gasteiger partial charge in [-0.15, -0.1) is 0 Å². The van der Waals surface area contributed by atoms with Crippen LogP contribution in [0.15, 0.2) is 0 Å². The Morgan fingerprint density at radius 2 is 2.00 bits per heavy atom. The Kier molecular flexibility index (Phi) is 6.44. The second-order valence-electron chi connectivity index (χ2n) is 4.52. The lowest BCUT2D eigenvalue weighted by Gasteiger charge is -2.17. The number of carbonyl (C=O) groups is 1. The van der Waals surface area contributed by atoms with Crippen LogP contribution in [0.3, 0.4) is 0 Å². The molecule has 1 heterocycles. The van der Waals surface area contributed by atoms with E-state index in [2.05, 4.69) is 28.2 Å². The molecule has 0 spiro atoms. The fraction of sp³-hybridized carbons (Fsp3) is 0.917. The number of carbonyl (C=O) groups excluding carboxylic acids is 1. The van der Waals surface area contributed by atoms with Gasteiger partial charge in [-0.05, 0) is 19.8 Å². The predicted octanol–water partition coefficient (Wildman–Crippen LogP) is 1.57. The van der Waals surface area contributed by atoms with E-state index in [0.29, 0.717) is 19.8 Å². The number of nitrogens with one attached hydrogen (secondary N) is 1. The smallest absolute Gasteiger partial charge is 0.226 e. The number of halogens is 1. The van der Waals surface area contributed by atoms with E-state index >= 15 is 0 Å². The zero-order chi connectivity index (χ0) is 12.8. The van der Waals surface area contributed by atoms with Crippen LogP contribution in [0.4, 0.5) is 0 Å². The van der Waals surface area contributed by atoms with Crippen LogP contribution in [0, 0.1) is 11.8 Å². The Labute approximate surface area is 112 Å². The molecule has 4 atom stereocenters. The number of amides is 1. The van der Waals surface area contributed by atoms with Crippen molar-refractivity contribution < 1.29 is 14.3 Å². The lowest BCUT2D eigenvalue weighted by molar-refractivity contribution is -0.127. The van der Waals surface area contributed by atoms with Crippen molar-refractivity contribution in [3.05, 3.63) is 0 Å². The summed E-state index contributed by atoms with van der Waals surface area (Å²) in [7, 11) is 0. The molecule has 0 aromatic rings. The van der Waals surface area contributed by atoms with E-state index in [1.54, 1.807) is 0 Å². The first kappa shape index (κ1) is 14.9. The van der Waals surface area contributed by atoms with Gasteiger partial charge in [-0.1, -0.05) is 22.9 Å². The summed E-state index contributed by atoms with van der Waals surface area (Å²) >= 11 is 3.28. The van der Waals surface area contributed by atoms with Gasteiger partial charge in [0.15, 0.2) is 0 Å². The van der Waals surface area contributed by atoms with Crippen molar-refractivity contribution in [2.75, 3.05) is 25.1 Å². The maximum Gasteiger partial charge on any atom is 0.226 e. The number of alkyl halides is 1. The molecule has 4 unspecified atom stereocenters. The Hall–Kier alpha value is -0.130. The van der Waals surface area contributed by atoms with Gasteiger partial charge >= 0.3 is 0 Å². The predicted molar refractivity (Wildman–Crippen MR) is 70.3 cm³/mol. The Bertz CT molecular complexity index is 250. The largest absolute Gasteiger partial charge is 0.379 e. The molecule has 0 aromatic carbocycles. The highest BCUT2D eigenvalue weighted by molar-refractivity contribution is 9.09. The van der Waals surface area contributed by atoms with Crippen LogP contribution in [0.5, 0.6) is 0 Å². The summed E-state index contributed by atoms with van der Waals surface area (Å²) in [5.74, 6) is 0.312. The highest BCUT2D eigenvalue weighted by Crippen LogP contribution is 2.31. The fourth-order valence-corrected chi connectivity index (χ4v) is 2.47. The zero-order valence-electron chi connectivity index (χ0n) is 10.7. The topological polar surface area (TPSA) is 47.6 Å². The van der Waals surface area contributed by atoms with Gasteiger partial charge in [-0.25, -0.2) is 0 Å². The lowest BCUT2D eigenvalue weighted by Crippen LogP contribution is -2.38. The molecular formula is C12H22BrNO3. The van der Waals surface area contributed by atoms with Gasteiger partial charge in [0.05, 0.1) is 31.3 Å². The van der Waals surface area contributed by atoms with Crippen molar-refractivity contribution in [1.29, 1.82) is 0 Å². The summed E-state index contributed by atoms with van der Waals surface area (Å²) in [4.78, 5) is 12.0. The molecule has 5 heteroatoms. The average molecular weight is 308 g/mol. The highest BCUT2D eigenvalue weighted by Gasteiger charge is 2.41. The van der Waals surface area contributed by atoms with E-state index in [0.717, 1.165) is 5.33 Å². The van der Waals surface area contributed by atoms with Crippen molar-refractivity contribution in [1.82, 2.24) is 5.32 Å². The van der Waals surface area contributed by atoms with Gasteiger partial charge in [-0.2, -0.15) is 0 Å². The Morgan fingerprint density at radius 3 is 2.53 bits per heavy atom. The fourth-order valence-electron chi connectivity index (χ4n) is 2.24. The van der Waals surface area contributed by atoms with Gasteiger partial charge in [-0.3, -0.25) is 4.79 Å². The molecule has 0 aliphatic carbocycles. The van der Waals surface area contributed by atoms with Gasteiger partial charge in [0.1, 0.15) is 0 Å². The molecule has 100 valence electrons. The average Bonchev–Trinajstić information content (AvgIpc) is 2.53. The molecule has 0 aromatic heterocycles. The summed E-state index contributed by atoms with van der Waals surface area (Å²) in [6, 6.07) is 0. The van der Waals surface area contributed by atoms with Gasteiger partial charge in [0.2, 0.25) is 5.91 Å². The summed E-state index contributed by atoms with van der Waals surface area (Å²) in [5.41, 5.74) is 0. The molecule has 1 rings (SSSR count). The molecule has 0 bridgehead atoms. The molecule has 1 fully saturated rings. The molecule has 0 saturated carbocycles. The van der Waals surface area contributed by atoms with Crippen molar-refractivity contribution >= 4 is 21.8 Å². The number of hydrogen-bond donors (Lipinski definition) is 1. The maximum atomic E-state index is 12.0. The first-order valence-electron chi connectivity index (χ1n) is 6.14. The van der Waals surface area contributed by atoms with Crippen LogP contribution < -0.4 is 5.32 Å². The zero-order valence-corrected chi connectivity index (χ0v) is 12.3. The van der Waals surface area contributed by atoms with Crippen LogP contribution in [0.25, 0.3) is 0 Å². The third-order valence-corrected chi connectivity index (χ3v) is 3.64. The number of ether oxygens (including phenoxy) is 2. The molecule has 1 aliphatic heterocycles.